The molecule has 0 atom stereocenters. The average molecular weight is 349 g/mol. The predicted molar refractivity (Wildman–Crippen MR) is 82.3 cm³/mol. The van der Waals surface area contributed by atoms with Crippen molar-refractivity contribution in [2.24, 2.45) is 0 Å². The zero-order valence-corrected chi connectivity index (χ0v) is 12.7. The highest BCUT2D eigenvalue weighted by molar-refractivity contribution is 6.30. The first-order valence-electron chi connectivity index (χ1n) is 6.57. The fourth-order valence-corrected chi connectivity index (χ4v) is 1.99. The fraction of sp³-hybridized carbons (Fsp3) is 0.0769. The molecule has 3 aromatic rings. The molecule has 122 valence electrons. The van der Waals surface area contributed by atoms with Crippen LogP contribution in [0, 0.1) is 10.1 Å². The van der Waals surface area contributed by atoms with Gasteiger partial charge in [0.1, 0.15) is 12.2 Å². The molecule has 0 aliphatic carbocycles. The van der Waals surface area contributed by atoms with Gasteiger partial charge in [-0.15, -0.1) is 0 Å². The van der Waals surface area contributed by atoms with Crippen molar-refractivity contribution < 1.29 is 14.2 Å². The van der Waals surface area contributed by atoms with Crippen molar-refractivity contribution >= 4 is 29.3 Å². The van der Waals surface area contributed by atoms with Crippen LogP contribution in [-0.4, -0.2) is 30.8 Å². The summed E-state index contributed by atoms with van der Waals surface area (Å²) in [5.74, 6) is -0.930. The molecule has 0 fully saturated rings. The van der Waals surface area contributed by atoms with E-state index in [0.717, 1.165) is 16.6 Å². The first-order chi connectivity index (χ1) is 11.5. The molecular weight excluding hydrogens is 340 g/mol. The molecule has 10 nitrogen and oxygen atoms in total. The van der Waals surface area contributed by atoms with E-state index in [-0.39, 0.29) is 12.4 Å². The summed E-state index contributed by atoms with van der Waals surface area (Å²) in [4.78, 5) is 25.1. The zero-order valence-electron chi connectivity index (χ0n) is 11.9. The van der Waals surface area contributed by atoms with Crippen LogP contribution < -0.4 is 5.32 Å². The molecule has 3 rings (SSSR count). The van der Waals surface area contributed by atoms with Crippen LogP contribution in [0.3, 0.4) is 0 Å². The maximum absolute atomic E-state index is 11.9. The molecule has 0 unspecified atom stereocenters. The van der Waals surface area contributed by atoms with Gasteiger partial charge in [0.05, 0.1) is 0 Å². The molecule has 1 N–H and O–H groups in total. The Hall–Kier alpha value is -3.27. The number of rotatable bonds is 5. The van der Waals surface area contributed by atoms with Crippen LogP contribution in [0.2, 0.25) is 5.02 Å². The molecule has 24 heavy (non-hydrogen) atoms. The Morgan fingerprint density at radius 3 is 2.79 bits per heavy atom. The molecule has 0 aliphatic heterocycles. The van der Waals surface area contributed by atoms with Gasteiger partial charge in [-0.3, -0.25) is 10.1 Å². The van der Waals surface area contributed by atoms with Crippen molar-refractivity contribution in [1.82, 2.24) is 19.9 Å². The Morgan fingerprint density at radius 2 is 2.12 bits per heavy atom. The van der Waals surface area contributed by atoms with Crippen LogP contribution in [0.15, 0.2) is 41.2 Å². The number of nitrogens with one attached hydrogen (secondary N) is 1. The molecule has 0 radical (unpaired) electrons. The SMILES string of the molecule is O=C(Cn1cnc([N+](=O)[O-])n1)Nc1cc(-c2ccc(Cl)cc2)no1. The Balaban J connectivity index is 1.64. The minimum absolute atomic E-state index is 0.138. The zero-order chi connectivity index (χ0) is 17.1. The van der Waals surface area contributed by atoms with Crippen molar-refractivity contribution in [2.75, 3.05) is 5.32 Å². The first-order valence-corrected chi connectivity index (χ1v) is 6.95. The van der Waals surface area contributed by atoms with Gasteiger partial charge < -0.3 is 14.6 Å². The van der Waals surface area contributed by atoms with E-state index in [2.05, 4.69) is 20.6 Å². The number of hydrogen-bond acceptors (Lipinski definition) is 7. The number of hydrogen-bond donors (Lipinski definition) is 1. The molecule has 2 aromatic heterocycles. The van der Waals surface area contributed by atoms with Crippen molar-refractivity contribution in [3.05, 3.63) is 51.8 Å². The molecule has 11 heteroatoms. The Bertz CT molecular complexity index is 888. The predicted octanol–water partition coefficient (Wildman–Crippen LogP) is 2.13. The van der Waals surface area contributed by atoms with E-state index in [0.29, 0.717) is 10.7 Å². The summed E-state index contributed by atoms with van der Waals surface area (Å²) in [5.41, 5.74) is 1.30. The van der Waals surface area contributed by atoms with E-state index < -0.39 is 16.8 Å². The minimum atomic E-state index is -0.747. The highest BCUT2D eigenvalue weighted by Crippen LogP contribution is 2.23. The van der Waals surface area contributed by atoms with Gasteiger partial charge in [0, 0.05) is 21.8 Å². The largest absolute Gasteiger partial charge is 0.490 e. The van der Waals surface area contributed by atoms with E-state index in [4.69, 9.17) is 16.1 Å². The van der Waals surface area contributed by atoms with Crippen LogP contribution in [0.5, 0.6) is 0 Å². The highest BCUT2D eigenvalue weighted by Gasteiger charge is 2.16. The lowest BCUT2D eigenvalue weighted by Gasteiger charge is -1.98. The van der Waals surface area contributed by atoms with Crippen LogP contribution in [0.4, 0.5) is 11.8 Å². The monoisotopic (exact) mass is 348 g/mol. The molecule has 1 aromatic carbocycles. The number of anilines is 1. The summed E-state index contributed by atoms with van der Waals surface area (Å²) in [5, 5.41) is 20.9. The summed E-state index contributed by atoms with van der Waals surface area (Å²) in [7, 11) is 0. The van der Waals surface area contributed by atoms with Crippen molar-refractivity contribution in [2.45, 2.75) is 6.54 Å². The van der Waals surface area contributed by atoms with Gasteiger partial charge in [-0.2, -0.15) is 4.68 Å². The number of nitro groups is 1. The molecule has 2 heterocycles. The number of halogens is 1. The second-order valence-corrected chi connectivity index (χ2v) is 5.07. The quantitative estimate of drug-likeness (QED) is 0.552. The van der Waals surface area contributed by atoms with Gasteiger partial charge in [-0.25, -0.2) is 0 Å². The highest BCUT2D eigenvalue weighted by atomic mass is 35.5. The maximum atomic E-state index is 11.9. The van der Waals surface area contributed by atoms with E-state index >= 15 is 0 Å². The van der Waals surface area contributed by atoms with E-state index in [1.165, 1.54) is 0 Å². The van der Waals surface area contributed by atoms with Crippen molar-refractivity contribution in [3.8, 4) is 11.3 Å². The second-order valence-electron chi connectivity index (χ2n) is 4.63. The third-order valence-corrected chi connectivity index (χ3v) is 3.16. The lowest BCUT2D eigenvalue weighted by Crippen LogP contribution is -2.18. The Kier molecular flexibility index (Phi) is 4.20. The van der Waals surface area contributed by atoms with Crippen LogP contribution in [0.1, 0.15) is 0 Å². The van der Waals surface area contributed by atoms with E-state index in [9.17, 15) is 14.9 Å². The Morgan fingerprint density at radius 1 is 1.38 bits per heavy atom. The van der Waals surface area contributed by atoms with Gasteiger partial charge in [-0.1, -0.05) is 33.9 Å². The Labute approximate surface area is 139 Å². The van der Waals surface area contributed by atoms with Crippen LogP contribution in [-0.2, 0) is 11.3 Å². The standard InChI is InChI=1S/C13H9ClN6O4/c14-9-3-1-8(2-4-9)10-5-12(24-18-10)16-11(21)6-19-7-15-13(17-19)20(22)23/h1-5,7H,6H2,(H,16,21). The number of aromatic nitrogens is 4. The molecule has 0 bridgehead atoms. The smallest absolute Gasteiger partial charge is 0.390 e. The van der Waals surface area contributed by atoms with Gasteiger partial charge in [-0.05, 0) is 17.1 Å². The number of carbonyl (C=O) groups excluding carboxylic acids is 1. The van der Waals surface area contributed by atoms with Crippen molar-refractivity contribution in [3.63, 3.8) is 0 Å². The third kappa shape index (κ3) is 3.55. The topological polar surface area (TPSA) is 129 Å². The van der Waals surface area contributed by atoms with E-state index in [1.807, 2.05) is 0 Å². The summed E-state index contributed by atoms with van der Waals surface area (Å²) in [6, 6.07) is 8.49. The fourth-order valence-electron chi connectivity index (χ4n) is 1.86. The number of amides is 1. The van der Waals surface area contributed by atoms with Gasteiger partial charge in [0.25, 0.3) is 0 Å². The minimum Gasteiger partial charge on any atom is -0.390 e. The first kappa shape index (κ1) is 15.6. The van der Waals surface area contributed by atoms with Gasteiger partial charge in [0.15, 0.2) is 0 Å². The normalized spacial score (nSPS) is 10.5. The summed E-state index contributed by atoms with van der Waals surface area (Å²) < 4.78 is 6.08. The molecular formula is C13H9ClN6O4. The summed E-state index contributed by atoms with van der Waals surface area (Å²) in [6.45, 7) is -0.252. The number of benzene rings is 1. The maximum Gasteiger partial charge on any atom is 0.490 e. The van der Waals surface area contributed by atoms with Gasteiger partial charge >= 0.3 is 5.95 Å². The molecule has 0 saturated carbocycles. The molecule has 0 spiro atoms. The molecule has 0 saturated heterocycles. The lowest BCUT2D eigenvalue weighted by atomic mass is 10.1. The average Bonchev–Trinajstić information content (AvgIpc) is 3.17. The lowest BCUT2D eigenvalue weighted by molar-refractivity contribution is -0.394. The summed E-state index contributed by atoms with van der Waals surface area (Å²) >= 11 is 5.82. The third-order valence-electron chi connectivity index (χ3n) is 2.91. The van der Waals surface area contributed by atoms with Crippen LogP contribution in [0.25, 0.3) is 11.3 Å². The number of carbonyl (C=O) groups is 1. The van der Waals surface area contributed by atoms with Crippen molar-refractivity contribution in [1.29, 1.82) is 0 Å². The molecule has 1 amide bonds. The second kappa shape index (κ2) is 6.46. The van der Waals surface area contributed by atoms with E-state index in [1.54, 1.807) is 30.3 Å². The number of nitrogens with zero attached hydrogens (tertiary/aromatic N) is 5. The van der Waals surface area contributed by atoms with Gasteiger partial charge in [0.2, 0.25) is 18.1 Å². The molecule has 0 aliphatic rings. The van der Waals surface area contributed by atoms with Crippen LogP contribution >= 0.6 is 11.6 Å². The summed E-state index contributed by atoms with van der Waals surface area (Å²) in [6.07, 6.45) is 1.09.